The van der Waals surface area contributed by atoms with Gasteiger partial charge in [0.05, 0.1) is 0 Å². The number of carbonyl (C=O) groups is 3. The fourth-order valence-electron chi connectivity index (χ4n) is 9.38. The Hall–Kier alpha value is -1.85. The lowest BCUT2D eigenvalue weighted by Gasteiger charge is -2.18. The molecule has 1 atom stereocenters. The van der Waals surface area contributed by atoms with Gasteiger partial charge in [0, 0.05) is 19.3 Å². The molecule has 0 saturated heterocycles. The monoisotopic (exact) mass is 959 g/mol. The van der Waals surface area contributed by atoms with E-state index in [-0.39, 0.29) is 31.1 Å². The predicted molar refractivity (Wildman–Crippen MR) is 293 cm³/mol. The molecule has 0 saturated carbocycles. The van der Waals surface area contributed by atoms with E-state index in [1.54, 1.807) is 0 Å². The van der Waals surface area contributed by atoms with Crippen LogP contribution in [0.2, 0.25) is 0 Å². The van der Waals surface area contributed by atoms with Gasteiger partial charge in [0.15, 0.2) is 6.10 Å². The summed E-state index contributed by atoms with van der Waals surface area (Å²) in [5, 5.41) is 0. The first-order chi connectivity index (χ1) is 33.5. The van der Waals surface area contributed by atoms with Gasteiger partial charge in [0.25, 0.3) is 0 Å². The minimum Gasteiger partial charge on any atom is -0.462 e. The van der Waals surface area contributed by atoms with Crippen molar-refractivity contribution >= 4 is 17.9 Å². The molecule has 6 nitrogen and oxygen atoms in total. The number of unbranched alkanes of at least 4 members (excludes halogenated alkanes) is 44. The van der Waals surface area contributed by atoms with Crippen molar-refractivity contribution in [2.24, 2.45) is 0 Å². The van der Waals surface area contributed by atoms with Crippen LogP contribution in [-0.2, 0) is 28.6 Å². The van der Waals surface area contributed by atoms with Crippen LogP contribution in [0.15, 0.2) is 12.2 Å². The van der Waals surface area contributed by atoms with E-state index in [0.717, 1.165) is 57.8 Å². The number of carbonyl (C=O) groups excluding carboxylic acids is 3. The van der Waals surface area contributed by atoms with E-state index in [1.807, 2.05) is 0 Å². The van der Waals surface area contributed by atoms with Crippen LogP contribution in [0, 0.1) is 0 Å². The maximum atomic E-state index is 12.9. The summed E-state index contributed by atoms with van der Waals surface area (Å²) in [6.07, 6.45) is 66.4. The number of rotatable bonds is 57. The lowest BCUT2D eigenvalue weighted by atomic mass is 10.0. The van der Waals surface area contributed by atoms with E-state index < -0.39 is 6.10 Å². The van der Waals surface area contributed by atoms with E-state index in [2.05, 4.69) is 32.9 Å². The molecule has 0 aliphatic heterocycles. The van der Waals surface area contributed by atoms with Crippen LogP contribution >= 0.6 is 0 Å². The molecule has 0 heterocycles. The first kappa shape index (κ1) is 66.2. The second-order valence-corrected chi connectivity index (χ2v) is 21.0. The second kappa shape index (κ2) is 57.7. The first-order valence-corrected chi connectivity index (χ1v) is 30.7. The molecule has 0 N–H and O–H groups in total. The molecule has 0 aliphatic rings. The second-order valence-electron chi connectivity index (χ2n) is 21.0. The average molecular weight is 960 g/mol. The summed E-state index contributed by atoms with van der Waals surface area (Å²) in [5.74, 6) is -0.845. The summed E-state index contributed by atoms with van der Waals surface area (Å²) in [6.45, 7) is 6.69. The summed E-state index contributed by atoms with van der Waals surface area (Å²) in [4.78, 5) is 38.2. The normalized spacial score (nSPS) is 12.0. The van der Waals surface area contributed by atoms with Gasteiger partial charge in [0.2, 0.25) is 0 Å². The van der Waals surface area contributed by atoms with Crippen molar-refractivity contribution in [2.45, 2.75) is 354 Å². The van der Waals surface area contributed by atoms with E-state index in [9.17, 15) is 14.4 Å². The minimum absolute atomic E-state index is 0.0656. The highest BCUT2D eigenvalue weighted by molar-refractivity contribution is 5.71. The largest absolute Gasteiger partial charge is 0.462 e. The molecule has 6 heteroatoms. The Morgan fingerprint density at radius 3 is 0.735 bits per heavy atom. The number of hydrogen-bond acceptors (Lipinski definition) is 6. The maximum Gasteiger partial charge on any atom is 0.306 e. The molecule has 0 spiro atoms. The Morgan fingerprint density at radius 2 is 0.485 bits per heavy atom. The van der Waals surface area contributed by atoms with Crippen LogP contribution < -0.4 is 0 Å². The number of hydrogen-bond donors (Lipinski definition) is 0. The predicted octanol–water partition coefficient (Wildman–Crippen LogP) is 20.5. The zero-order valence-corrected chi connectivity index (χ0v) is 46.2. The molecule has 0 aromatic carbocycles. The van der Waals surface area contributed by atoms with Crippen molar-refractivity contribution in [3.05, 3.63) is 12.2 Å². The molecule has 0 radical (unpaired) electrons. The molecule has 68 heavy (non-hydrogen) atoms. The molecule has 402 valence electrons. The van der Waals surface area contributed by atoms with Crippen molar-refractivity contribution in [1.82, 2.24) is 0 Å². The summed E-state index contributed by atoms with van der Waals surface area (Å²) >= 11 is 0. The fourth-order valence-corrected chi connectivity index (χ4v) is 9.38. The molecule has 0 fully saturated rings. The Morgan fingerprint density at radius 1 is 0.279 bits per heavy atom. The zero-order chi connectivity index (χ0) is 49.3. The van der Waals surface area contributed by atoms with Gasteiger partial charge in [-0.25, -0.2) is 0 Å². The van der Waals surface area contributed by atoms with Crippen LogP contribution in [0.3, 0.4) is 0 Å². The molecular formula is C62H118O6. The van der Waals surface area contributed by atoms with Crippen molar-refractivity contribution in [3.8, 4) is 0 Å². The van der Waals surface area contributed by atoms with Crippen LogP contribution in [0.1, 0.15) is 348 Å². The van der Waals surface area contributed by atoms with Crippen LogP contribution in [0.25, 0.3) is 0 Å². The topological polar surface area (TPSA) is 78.9 Å². The van der Waals surface area contributed by atoms with Gasteiger partial charge in [-0.15, -0.1) is 0 Å². The summed E-state index contributed by atoms with van der Waals surface area (Å²) < 4.78 is 16.9. The van der Waals surface area contributed by atoms with Crippen molar-refractivity contribution in [2.75, 3.05) is 13.2 Å². The Balaban J connectivity index is 4.22. The average Bonchev–Trinajstić information content (AvgIpc) is 3.34. The van der Waals surface area contributed by atoms with Gasteiger partial charge in [-0.3, -0.25) is 14.4 Å². The van der Waals surface area contributed by atoms with E-state index >= 15 is 0 Å². The van der Waals surface area contributed by atoms with Crippen molar-refractivity contribution in [3.63, 3.8) is 0 Å². The molecule has 0 aliphatic carbocycles. The Kier molecular flexibility index (Phi) is 56.2. The zero-order valence-electron chi connectivity index (χ0n) is 46.2. The third-order valence-corrected chi connectivity index (χ3v) is 14.0. The fraction of sp³-hybridized carbons (Fsp3) is 0.919. The van der Waals surface area contributed by atoms with Gasteiger partial charge < -0.3 is 14.2 Å². The number of esters is 3. The highest BCUT2D eigenvalue weighted by Gasteiger charge is 2.19. The number of ether oxygens (including phenoxy) is 3. The van der Waals surface area contributed by atoms with Gasteiger partial charge in [0.1, 0.15) is 13.2 Å². The first-order valence-electron chi connectivity index (χ1n) is 30.7. The quantitative estimate of drug-likeness (QED) is 0.0262. The molecule has 0 bridgehead atoms. The van der Waals surface area contributed by atoms with E-state index in [0.29, 0.717) is 19.3 Å². The van der Waals surface area contributed by atoms with Gasteiger partial charge >= 0.3 is 17.9 Å². The highest BCUT2D eigenvalue weighted by Crippen LogP contribution is 2.18. The van der Waals surface area contributed by atoms with Crippen LogP contribution in [-0.4, -0.2) is 37.2 Å². The molecule has 0 aromatic rings. The SMILES string of the molecule is CCCCCCCC/C=C\CCCCCCCCCC(=O)OC(COC(=O)CCCCCCCCCCCCC)COC(=O)CCCCCCCCCCCCCCCCCCCCCCCC. The van der Waals surface area contributed by atoms with Gasteiger partial charge in [-0.2, -0.15) is 0 Å². The number of allylic oxidation sites excluding steroid dienone is 2. The molecule has 0 aromatic heterocycles. The van der Waals surface area contributed by atoms with Crippen molar-refractivity contribution < 1.29 is 28.6 Å². The molecule has 1 unspecified atom stereocenters. The van der Waals surface area contributed by atoms with Crippen LogP contribution in [0.4, 0.5) is 0 Å². The highest BCUT2D eigenvalue weighted by atomic mass is 16.6. The minimum atomic E-state index is -0.767. The van der Waals surface area contributed by atoms with Gasteiger partial charge in [-0.1, -0.05) is 296 Å². The molecular weight excluding hydrogens is 841 g/mol. The smallest absolute Gasteiger partial charge is 0.306 e. The summed E-state index contributed by atoms with van der Waals surface area (Å²) in [5.41, 5.74) is 0. The third-order valence-electron chi connectivity index (χ3n) is 14.0. The van der Waals surface area contributed by atoms with Crippen molar-refractivity contribution in [1.29, 1.82) is 0 Å². The van der Waals surface area contributed by atoms with E-state index in [1.165, 1.54) is 250 Å². The summed E-state index contributed by atoms with van der Waals surface area (Å²) in [7, 11) is 0. The lowest BCUT2D eigenvalue weighted by molar-refractivity contribution is -0.167. The lowest BCUT2D eigenvalue weighted by Crippen LogP contribution is -2.30. The summed E-state index contributed by atoms with van der Waals surface area (Å²) in [6, 6.07) is 0. The standard InChI is InChI=1S/C62H118O6/c1-4-7-10-13-16-19-22-24-26-28-29-30-31-32-34-35-37-40-43-46-49-52-55-61(64)67-58-59(57-66-60(63)54-51-48-45-42-39-21-18-15-12-9-6-3)68-62(65)56-53-50-47-44-41-38-36-33-27-25-23-20-17-14-11-8-5-2/h25,27,59H,4-24,26,28-58H2,1-3H3/b27-25-. The molecule has 0 amide bonds. The molecule has 0 rings (SSSR count). The maximum absolute atomic E-state index is 12.9. The Bertz CT molecular complexity index is 1060. The Labute approximate surface area is 424 Å². The third kappa shape index (κ3) is 55.1. The van der Waals surface area contributed by atoms with E-state index in [4.69, 9.17) is 14.2 Å². The van der Waals surface area contributed by atoms with Gasteiger partial charge in [-0.05, 0) is 44.9 Å². The van der Waals surface area contributed by atoms with Crippen LogP contribution in [0.5, 0.6) is 0 Å².